The van der Waals surface area contributed by atoms with E-state index in [2.05, 4.69) is 43.9 Å². The molecule has 0 spiro atoms. The van der Waals surface area contributed by atoms with Gasteiger partial charge in [-0.05, 0) is 75.0 Å². The van der Waals surface area contributed by atoms with Gasteiger partial charge in [0.1, 0.15) is 24.2 Å². The van der Waals surface area contributed by atoms with Crippen molar-refractivity contribution in [1.29, 1.82) is 0 Å². The van der Waals surface area contributed by atoms with Crippen LogP contribution in [0.15, 0.2) is 48.5 Å². The molecule has 0 heterocycles. The van der Waals surface area contributed by atoms with Crippen LogP contribution in [0, 0.1) is 0 Å². The Morgan fingerprint density at radius 2 is 1.79 bits per heavy atom. The number of rotatable bonds is 18. The number of nitrogens with zero attached hydrogens (tertiary/aromatic N) is 1. The lowest BCUT2D eigenvalue weighted by atomic mass is 10.0. The van der Waals surface area contributed by atoms with Gasteiger partial charge in [-0.1, -0.05) is 62.5 Å². The molecule has 0 aliphatic heterocycles. The monoisotopic (exact) mass is 601 g/mol. The maximum Gasteiger partial charge on any atom is 0.250 e. The Kier molecular flexibility index (Phi) is 15.1. The average Bonchev–Trinajstić information content (AvgIpc) is 2.85. The second-order valence-electron chi connectivity index (χ2n) is 9.94. The average molecular weight is 602 g/mol. The zero-order chi connectivity index (χ0) is 28.0. The molecule has 2 aromatic carbocycles. The molecule has 0 fully saturated rings. The minimum atomic E-state index is -2.48. The van der Waals surface area contributed by atoms with E-state index in [-0.39, 0.29) is 17.6 Å². The van der Waals surface area contributed by atoms with E-state index < -0.39 is 5.69 Å². The van der Waals surface area contributed by atoms with Crippen molar-refractivity contribution >= 4 is 40.6 Å². The van der Waals surface area contributed by atoms with Crippen LogP contribution in [0.3, 0.4) is 0 Å². The first-order valence-corrected chi connectivity index (χ1v) is 18.0. The Bertz CT molecular complexity index is 1000. The van der Waals surface area contributed by atoms with Crippen LogP contribution in [0.1, 0.15) is 38.8 Å². The highest BCUT2D eigenvalue weighted by atomic mass is 32.9. The van der Waals surface area contributed by atoms with Gasteiger partial charge in [-0.2, -0.15) is 0 Å². The zero-order valence-electron chi connectivity index (χ0n) is 23.8. The molecule has 6 nitrogen and oxygen atoms in total. The molecule has 0 saturated heterocycles. The van der Waals surface area contributed by atoms with E-state index in [1.165, 1.54) is 5.56 Å². The van der Waals surface area contributed by atoms with Crippen molar-refractivity contribution in [2.75, 3.05) is 52.8 Å². The number of thioether (sulfide) groups is 1. The van der Waals surface area contributed by atoms with Crippen molar-refractivity contribution in [1.82, 2.24) is 4.90 Å². The van der Waals surface area contributed by atoms with Gasteiger partial charge in [-0.25, -0.2) is 0 Å². The molecule has 38 heavy (non-hydrogen) atoms. The lowest BCUT2D eigenvalue weighted by Crippen LogP contribution is -2.34. The number of hydrogen-bond donors (Lipinski definition) is 0. The molecule has 0 aromatic heterocycles. The molecule has 0 radical (unpaired) electrons. The molecule has 0 bridgehead atoms. The quantitative estimate of drug-likeness (QED) is 0.130. The first kappa shape index (κ1) is 33.4. The molecule has 2 atom stereocenters. The summed E-state index contributed by atoms with van der Waals surface area (Å²) in [5.41, 5.74) is -0.0919. The topological polar surface area (TPSA) is 49.4 Å². The number of hydrogen-bond acceptors (Lipinski definition) is 9. The molecule has 2 rings (SSSR count). The Hall–Kier alpha value is -0.770. The van der Waals surface area contributed by atoms with Gasteiger partial charge in [-0.3, -0.25) is 4.52 Å². The Labute approximate surface area is 243 Å². The SMILES string of the molecule is CCOP(=S)(OCO[C@@H](COc1ccccc1CCc1cccc(OC)c1)CN(C)C)SCSC(C)(C)C. The van der Waals surface area contributed by atoms with Crippen molar-refractivity contribution in [2.24, 2.45) is 0 Å². The smallest absolute Gasteiger partial charge is 0.250 e. The zero-order valence-corrected chi connectivity index (χ0v) is 27.2. The van der Waals surface area contributed by atoms with Gasteiger partial charge < -0.3 is 23.6 Å². The van der Waals surface area contributed by atoms with Gasteiger partial charge in [0, 0.05) is 16.4 Å². The highest BCUT2D eigenvalue weighted by molar-refractivity contribution is 8.69. The fourth-order valence-corrected chi connectivity index (χ4v) is 10.4. The third-order valence-corrected chi connectivity index (χ3v) is 12.5. The van der Waals surface area contributed by atoms with E-state index in [1.54, 1.807) is 18.5 Å². The van der Waals surface area contributed by atoms with Crippen LogP contribution < -0.4 is 9.47 Å². The van der Waals surface area contributed by atoms with Crippen molar-refractivity contribution < 1.29 is 23.3 Å². The molecule has 0 N–H and O–H groups in total. The third-order valence-electron chi connectivity index (χ3n) is 5.29. The summed E-state index contributed by atoms with van der Waals surface area (Å²) in [6.07, 6.45) is 1.58. The fraction of sp³-hybridized carbons (Fsp3) is 0.571. The van der Waals surface area contributed by atoms with Gasteiger partial charge in [0.15, 0.2) is 6.79 Å². The second-order valence-corrected chi connectivity index (χ2v) is 18.4. The van der Waals surface area contributed by atoms with Gasteiger partial charge in [0.2, 0.25) is 5.69 Å². The normalized spacial score (nSPS) is 14.3. The Balaban J connectivity index is 1.94. The lowest BCUT2D eigenvalue weighted by Gasteiger charge is -2.26. The molecule has 214 valence electrons. The van der Waals surface area contributed by atoms with E-state index in [1.807, 2.05) is 63.1 Å². The number of benzene rings is 2. The predicted octanol–water partition coefficient (Wildman–Crippen LogP) is 7.26. The van der Waals surface area contributed by atoms with Crippen LogP contribution in [0.5, 0.6) is 11.5 Å². The van der Waals surface area contributed by atoms with Gasteiger partial charge >= 0.3 is 0 Å². The number of methoxy groups -OCH3 is 1. The molecule has 0 aliphatic carbocycles. The van der Waals surface area contributed by atoms with Crippen molar-refractivity contribution in [3.8, 4) is 11.5 Å². The van der Waals surface area contributed by atoms with Gasteiger partial charge in [0.25, 0.3) is 0 Å². The molecule has 0 amide bonds. The first-order valence-electron chi connectivity index (χ1n) is 12.8. The van der Waals surface area contributed by atoms with E-state index in [0.717, 1.165) is 35.0 Å². The molecule has 0 aliphatic rings. The van der Waals surface area contributed by atoms with Crippen molar-refractivity contribution in [3.63, 3.8) is 0 Å². The van der Waals surface area contributed by atoms with E-state index >= 15 is 0 Å². The number of para-hydroxylation sites is 1. The number of ether oxygens (including phenoxy) is 3. The first-order chi connectivity index (χ1) is 18.0. The van der Waals surface area contributed by atoms with E-state index in [9.17, 15) is 0 Å². The Morgan fingerprint density at radius 1 is 1.03 bits per heavy atom. The maximum absolute atomic E-state index is 6.28. The van der Waals surface area contributed by atoms with Crippen LogP contribution >= 0.6 is 28.8 Å². The summed E-state index contributed by atoms with van der Waals surface area (Å²) >= 11 is 9.17. The van der Waals surface area contributed by atoms with Crippen LogP contribution in [0.4, 0.5) is 0 Å². The minimum absolute atomic E-state index is 0.0732. The molecule has 1 unspecified atom stereocenters. The summed E-state index contributed by atoms with van der Waals surface area (Å²) in [5, 5.41) is 0.817. The lowest BCUT2D eigenvalue weighted by molar-refractivity contribution is -0.0597. The minimum Gasteiger partial charge on any atom is -0.497 e. The second kappa shape index (κ2) is 17.1. The Morgan fingerprint density at radius 3 is 2.47 bits per heavy atom. The van der Waals surface area contributed by atoms with Crippen LogP contribution in [0.2, 0.25) is 0 Å². The fourth-order valence-electron chi connectivity index (χ4n) is 3.43. The van der Waals surface area contributed by atoms with E-state index in [0.29, 0.717) is 19.8 Å². The van der Waals surface area contributed by atoms with Gasteiger partial charge in [0.05, 0.1) is 13.7 Å². The summed E-state index contributed by atoms with van der Waals surface area (Å²) in [6.45, 7) is 10.2. The molecule has 2 aromatic rings. The largest absolute Gasteiger partial charge is 0.497 e. The number of likely N-dealkylation sites (N-methyl/N-ethyl adjacent to an activating group) is 1. The van der Waals surface area contributed by atoms with Crippen LogP contribution in [-0.2, 0) is 38.4 Å². The molecule has 0 saturated carbocycles. The summed E-state index contributed by atoms with van der Waals surface area (Å²) in [5.74, 6) is 1.75. The highest BCUT2D eigenvalue weighted by Crippen LogP contribution is 2.62. The summed E-state index contributed by atoms with van der Waals surface area (Å²) in [4.78, 5) is 2.08. The van der Waals surface area contributed by atoms with E-state index in [4.69, 9.17) is 35.1 Å². The van der Waals surface area contributed by atoms with Crippen LogP contribution in [-0.4, -0.2) is 68.6 Å². The predicted molar refractivity (Wildman–Crippen MR) is 167 cm³/mol. The molecular formula is C28H44NO5PS3. The van der Waals surface area contributed by atoms with Gasteiger partial charge in [-0.15, -0.1) is 11.8 Å². The standard InChI is InChI=1S/C28H44NO5PS3/c1-8-33-35(36,38-22-37-28(2,3)4)34-21-32-26(19-29(5)6)20-31-27-15-10-9-13-24(27)17-16-23-12-11-14-25(18-23)30-7/h9-15,18,26H,8,16-17,19-22H2,1-7H3/t26-,35?/m1/s1. The third kappa shape index (κ3) is 13.5. The van der Waals surface area contributed by atoms with Crippen molar-refractivity contribution in [3.05, 3.63) is 59.7 Å². The number of aryl methyl sites for hydroxylation is 2. The summed E-state index contributed by atoms with van der Waals surface area (Å²) < 4.78 is 29.8. The summed E-state index contributed by atoms with van der Waals surface area (Å²) in [7, 11) is 5.73. The molecule has 10 heteroatoms. The maximum atomic E-state index is 6.28. The molecular weight excluding hydrogens is 557 g/mol. The highest BCUT2D eigenvalue weighted by Gasteiger charge is 2.23. The summed E-state index contributed by atoms with van der Waals surface area (Å²) in [6, 6.07) is 16.4. The van der Waals surface area contributed by atoms with Crippen molar-refractivity contribution in [2.45, 2.75) is 51.4 Å². The van der Waals surface area contributed by atoms with Crippen LogP contribution in [0.25, 0.3) is 0 Å².